The van der Waals surface area contributed by atoms with Crippen LogP contribution in [0.2, 0.25) is 5.02 Å². The van der Waals surface area contributed by atoms with Crippen molar-refractivity contribution in [1.29, 1.82) is 0 Å². The monoisotopic (exact) mass is 409 g/mol. The van der Waals surface area contributed by atoms with Crippen LogP contribution in [0.4, 0.5) is 0 Å². The normalized spacial score (nSPS) is 10.2. The number of amides is 2. The lowest BCUT2D eigenvalue weighted by atomic mass is 10.2. The van der Waals surface area contributed by atoms with Gasteiger partial charge in [-0.1, -0.05) is 41.9 Å². The molecule has 3 aromatic rings. The van der Waals surface area contributed by atoms with Gasteiger partial charge >= 0.3 is 0 Å². The fourth-order valence-corrected chi connectivity index (χ4v) is 2.77. The summed E-state index contributed by atoms with van der Waals surface area (Å²) in [5.74, 6) is -0.00435. The second-order valence-corrected chi connectivity index (χ2v) is 6.60. The Kier molecular flexibility index (Phi) is 7.19. The van der Waals surface area contributed by atoms with E-state index in [-0.39, 0.29) is 12.5 Å². The van der Waals surface area contributed by atoms with E-state index in [4.69, 9.17) is 16.3 Å². The zero-order valence-electron chi connectivity index (χ0n) is 15.6. The van der Waals surface area contributed by atoms with Crippen LogP contribution in [-0.4, -0.2) is 23.3 Å². The van der Waals surface area contributed by atoms with Crippen LogP contribution < -0.4 is 15.4 Å². The predicted molar refractivity (Wildman–Crippen MR) is 111 cm³/mol. The highest BCUT2D eigenvalue weighted by atomic mass is 35.5. The zero-order valence-corrected chi connectivity index (χ0v) is 16.4. The molecule has 0 atom stereocenters. The fourth-order valence-electron chi connectivity index (χ4n) is 2.55. The Hall–Kier alpha value is -3.38. The van der Waals surface area contributed by atoms with Crippen molar-refractivity contribution in [3.8, 4) is 5.75 Å². The predicted octanol–water partition coefficient (Wildman–Crippen LogP) is 3.36. The summed E-state index contributed by atoms with van der Waals surface area (Å²) in [5, 5.41) is 5.67. The molecule has 2 aromatic carbocycles. The number of carbonyl (C=O) groups excluding carboxylic acids is 2. The highest BCUT2D eigenvalue weighted by Gasteiger charge is 2.11. The Morgan fingerprint density at radius 1 is 0.966 bits per heavy atom. The van der Waals surface area contributed by atoms with E-state index >= 15 is 0 Å². The molecule has 148 valence electrons. The van der Waals surface area contributed by atoms with Gasteiger partial charge in [-0.15, -0.1) is 0 Å². The lowest BCUT2D eigenvalue weighted by Crippen LogP contribution is -2.36. The van der Waals surface area contributed by atoms with Crippen molar-refractivity contribution in [2.45, 2.75) is 13.2 Å². The highest BCUT2D eigenvalue weighted by molar-refractivity contribution is 6.33. The van der Waals surface area contributed by atoms with Gasteiger partial charge in [-0.25, -0.2) is 0 Å². The zero-order chi connectivity index (χ0) is 20.5. The molecule has 0 unspecified atom stereocenters. The van der Waals surface area contributed by atoms with Gasteiger partial charge in [0.15, 0.2) is 0 Å². The number of hydrogen-bond acceptors (Lipinski definition) is 4. The summed E-state index contributed by atoms with van der Waals surface area (Å²) in [6, 6.07) is 19.8. The van der Waals surface area contributed by atoms with E-state index in [9.17, 15) is 9.59 Å². The molecule has 3 rings (SSSR count). The first kappa shape index (κ1) is 20.4. The van der Waals surface area contributed by atoms with E-state index in [0.717, 1.165) is 11.3 Å². The molecule has 1 heterocycles. The van der Waals surface area contributed by atoms with E-state index in [0.29, 0.717) is 29.5 Å². The number of carbonyl (C=O) groups is 2. The molecule has 7 heteroatoms. The minimum Gasteiger partial charge on any atom is -0.487 e. The molecule has 2 N–H and O–H groups in total. The standard InChI is InChI=1S/C22H20ClN3O3/c23-20-10-2-1-9-19(20)22(28)26-14-21(27)25-13-16-6-5-8-18(12-16)29-15-17-7-3-4-11-24-17/h1-12H,13-15H2,(H,25,27)(H,26,28). The van der Waals surface area contributed by atoms with E-state index < -0.39 is 5.91 Å². The van der Waals surface area contributed by atoms with Crippen LogP contribution >= 0.6 is 11.6 Å². The molecule has 2 amide bonds. The van der Waals surface area contributed by atoms with Gasteiger partial charge in [-0.2, -0.15) is 0 Å². The molecule has 0 bridgehead atoms. The molecule has 0 saturated carbocycles. The highest BCUT2D eigenvalue weighted by Crippen LogP contribution is 2.15. The average molecular weight is 410 g/mol. The van der Waals surface area contributed by atoms with E-state index in [1.807, 2.05) is 42.5 Å². The van der Waals surface area contributed by atoms with Gasteiger partial charge < -0.3 is 15.4 Å². The van der Waals surface area contributed by atoms with Crippen molar-refractivity contribution in [3.63, 3.8) is 0 Å². The molecule has 6 nitrogen and oxygen atoms in total. The Labute approximate surface area is 173 Å². The van der Waals surface area contributed by atoms with Crippen molar-refractivity contribution in [3.05, 3.63) is 94.8 Å². The second-order valence-electron chi connectivity index (χ2n) is 6.20. The summed E-state index contributed by atoms with van der Waals surface area (Å²) in [7, 11) is 0. The van der Waals surface area contributed by atoms with Gasteiger partial charge in [-0.05, 0) is 42.0 Å². The Morgan fingerprint density at radius 2 is 1.79 bits per heavy atom. The third-order valence-corrected chi connectivity index (χ3v) is 4.36. The first-order chi connectivity index (χ1) is 14.1. The summed E-state index contributed by atoms with van der Waals surface area (Å²) in [5.41, 5.74) is 2.05. The summed E-state index contributed by atoms with van der Waals surface area (Å²) in [6.45, 7) is 0.548. The summed E-state index contributed by atoms with van der Waals surface area (Å²) in [4.78, 5) is 28.3. The smallest absolute Gasteiger partial charge is 0.253 e. The van der Waals surface area contributed by atoms with Crippen LogP contribution in [0.15, 0.2) is 72.9 Å². The summed E-state index contributed by atoms with van der Waals surface area (Å²) < 4.78 is 5.73. The maximum absolute atomic E-state index is 12.1. The molecule has 0 aliphatic rings. The first-order valence-electron chi connectivity index (χ1n) is 9.03. The van der Waals surface area contributed by atoms with Crippen molar-refractivity contribution in [2.75, 3.05) is 6.54 Å². The fraction of sp³-hybridized carbons (Fsp3) is 0.136. The van der Waals surface area contributed by atoms with Crippen molar-refractivity contribution in [2.24, 2.45) is 0 Å². The molecule has 0 radical (unpaired) electrons. The number of hydrogen-bond donors (Lipinski definition) is 2. The molecule has 29 heavy (non-hydrogen) atoms. The number of nitrogens with zero attached hydrogens (tertiary/aromatic N) is 1. The Balaban J connectivity index is 1.45. The van der Waals surface area contributed by atoms with Gasteiger partial charge in [0.05, 0.1) is 22.8 Å². The molecule has 0 fully saturated rings. The molecule has 0 aliphatic carbocycles. The molecule has 0 aliphatic heterocycles. The van der Waals surface area contributed by atoms with Crippen molar-refractivity contribution >= 4 is 23.4 Å². The lowest BCUT2D eigenvalue weighted by molar-refractivity contribution is -0.120. The number of pyridine rings is 1. The van der Waals surface area contributed by atoms with Crippen LogP contribution in [-0.2, 0) is 17.9 Å². The van der Waals surface area contributed by atoms with Gasteiger partial charge in [0.25, 0.3) is 5.91 Å². The van der Waals surface area contributed by atoms with Gasteiger partial charge in [-0.3, -0.25) is 14.6 Å². The SMILES string of the molecule is O=C(CNC(=O)c1ccccc1Cl)NCc1cccc(OCc2ccccn2)c1. The van der Waals surface area contributed by atoms with Crippen LogP contribution in [0.25, 0.3) is 0 Å². The number of aromatic nitrogens is 1. The number of rotatable bonds is 8. The number of ether oxygens (including phenoxy) is 1. The van der Waals surface area contributed by atoms with Gasteiger partial charge in [0.1, 0.15) is 12.4 Å². The number of halogens is 1. The van der Waals surface area contributed by atoms with Crippen molar-refractivity contribution in [1.82, 2.24) is 15.6 Å². The van der Waals surface area contributed by atoms with Gasteiger partial charge in [0, 0.05) is 12.7 Å². The molecule has 1 aromatic heterocycles. The minimum absolute atomic E-state index is 0.139. The minimum atomic E-state index is -0.393. The Morgan fingerprint density at radius 3 is 2.59 bits per heavy atom. The molecular weight excluding hydrogens is 390 g/mol. The molecule has 0 spiro atoms. The first-order valence-corrected chi connectivity index (χ1v) is 9.40. The third-order valence-electron chi connectivity index (χ3n) is 4.03. The van der Waals surface area contributed by atoms with E-state index in [1.54, 1.807) is 30.5 Å². The van der Waals surface area contributed by atoms with E-state index in [1.165, 1.54) is 0 Å². The van der Waals surface area contributed by atoms with Crippen molar-refractivity contribution < 1.29 is 14.3 Å². The topological polar surface area (TPSA) is 80.3 Å². The lowest BCUT2D eigenvalue weighted by Gasteiger charge is -2.10. The van der Waals surface area contributed by atoms with E-state index in [2.05, 4.69) is 15.6 Å². The van der Waals surface area contributed by atoms with Crippen LogP contribution in [0.3, 0.4) is 0 Å². The summed E-state index contributed by atoms with van der Waals surface area (Å²) >= 11 is 5.98. The molecule has 0 saturated heterocycles. The number of benzene rings is 2. The maximum atomic E-state index is 12.1. The second kappa shape index (κ2) is 10.2. The summed E-state index contributed by atoms with van der Waals surface area (Å²) in [6.07, 6.45) is 1.72. The van der Waals surface area contributed by atoms with Crippen LogP contribution in [0.1, 0.15) is 21.6 Å². The third kappa shape index (κ3) is 6.33. The maximum Gasteiger partial charge on any atom is 0.253 e. The number of nitrogens with one attached hydrogen (secondary N) is 2. The average Bonchev–Trinajstić information content (AvgIpc) is 2.76. The quantitative estimate of drug-likeness (QED) is 0.597. The Bertz CT molecular complexity index is 980. The molecular formula is C22H20ClN3O3. The van der Waals surface area contributed by atoms with Crippen LogP contribution in [0.5, 0.6) is 5.75 Å². The van der Waals surface area contributed by atoms with Crippen LogP contribution in [0, 0.1) is 0 Å². The largest absolute Gasteiger partial charge is 0.487 e. The van der Waals surface area contributed by atoms with Gasteiger partial charge in [0.2, 0.25) is 5.91 Å².